The number of aromatic nitrogens is 1. The Kier molecular flexibility index (Phi) is 6.10. The highest BCUT2D eigenvalue weighted by molar-refractivity contribution is 5.89. The Morgan fingerprint density at radius 1 is 0.968 bits per heavy atom. The second kappa shape index (κ2) is 8.44. The summed E-state index contributed by atoms with van der Waals surface area (Å²) in [6, 6.07) is 9.40. The van der Waals surface area contributed by atoms with Gasteiger partial charge in [0.15, 0.2) is 0 Å². The maximum atomic E-state index is 13.3. The molecule has 0 N–H and O–H groups in total. The summed E-state index contributed by atoms with van der Waals surface area (Å²) in [5.74, 6) is -0.928. The number of fused-ring (bicyclic) bond motifs is 1. The number of halogens is 6. The van der Waals surface area contributed by atoms with Crippen LogP contribution < -0.4 is 4.74 Å². The van der Waals surface area contributed by atoms with E-state index in [0.717, 1.165) is 6.07 Å². The van der Waals surface area contributed by atoms with Crippen molar-refractivity contribution in [2.24, 2.45) is 0 Å². The predicted octanol–water partition coefficient (Wildman–Crippen LogP) is 6.03. The summed E-state index contributed by atoms with van der Waals surface area (Å²) in [5, 5.41) is -0.203. The van der Waals surface area contributed by atoms with Crippen LogP contribution in [0.5, 0.6) is 5.75 Å². The van der Waals surface area contributed by atoms with Crippen molar-refractivity contribution in [2.75, 3.05) is 6.61 Å². The average molecular weight is 443 g/mol. The minimum Gasteiger partial charge on any atom is -0.488 e. The number of hydrogen-bond donors (Lipinski definition) is 0. The first-order valence-corrected chi connectivity index (χ1v) is 8.97. The Morgan fingerprint density at radius 3 is 2.23 bits per heavy atom. The number of benzene rings is 2. The van der Waals surface area contributed by atoms with Crippen LogP contribution in [0.4, 0.5) is 26.3 Å². The van der Waals surface area contributed by atoms with Crippen molar-refractivity contribution in [3.63, 3.8) is 0 Å². The van der Waals surface area contributed by atoms with Crippen LogP contribution in [0.25, 0.3) is 10.9 Å². The molecule has 1 aromatic heterocycles. The number of ether oxygens (including phenoxy) is 2. The molecule has 0 saturated carbocycles. The third-order valence-electron chi connectivity index (χ3n) is 4.26. The van der Waals surface area contributed by atoms with Crippen LogP contribution in [0.3, 0.4) is 0 Å². The van der Waals surface area contributed by atoms with E-state index in [1.807, 2.05) is 0 Å². The minimum atomic E-state index is -4.97. The van der Waals surface area contributed by atoms with Crippen LogP contribution in [0.15, 0.2) is 48.5 Å². The lowest BCUT2D eigenvalue weighted by molar-refractivity contribution is -0.142. The van der Waals surface area contributed by atoms with Crippen molar-refractivity contribution in [1.29, 1.82) is 0 Å². The third-order valence-corrected chi connectivity index (χ3v) is 4.26. The normalized spacial score (nSPS) is 12.1. The number of hydrogen-bond acceptors (Lipinski definition) is 4. The Bertz CT molecular complexity index is 1090. The molecule has 0 saturated heterocycles. The molecule has 2 aromatic carbocycles. The van der Waals surface area contributed by atoms with Crippen molar-refractivity contribution in [3.05, 3.63) is 70.9 Å². The van der Waals surface area contributed by atoms with Gasteiger partial charge in [-0.2, -0.15) is 26.3 Å². The zero-order valence-corrected chi connectivity index (χ0v) is 16.0. The molecule has 31 heavy (non-hydrogen) atoms. The molecule has 0 atom stereocenters. The minimum absolute atomic E-state index is 0.195. The van der Waals surface area contributed by atoms with Gasteiger partial charge < -0.3 is 9.47 Å². The number of esters is 1. The van der Waals surface area contributed by atoms with Gasteiger partial charge in [-0.15, -0.1) is 0 Å². The number of rotatable bonds is 5. The lowest BCUT2D eigenvalue weighted by Crippen LogP contribution is -2.12. The Morgan fingerprint density at radius 2 is 1.65 bits per heavy atom. The fraction of sp³-hybridized carbons (Fsp3) is 0.238. The van der Waals surface area contributed by atoms with Gasteiger partial charge in [-0.3, -0.25) is 0 Å². The molecule has 0 aliphatic carbocycles. The quantitative estimate of drug-likeness (QED) is 0.357. The van der Waals surface area contributed by atoms with Gasteiger partial charge in [-0.1, -0.05) is 18.2 Å². The van der Waals surface area contributed by atoms with E-state index in [4.69, 9.17) is 9.47 Å². The van der Waals surface area contributed by atoms with Gasteiger partial charge in [-0.05, 0) is 36.8 Å². The van der Waals surface area contributed by atoms with E-state index in [1.54, 1.807) is 6.92 Å². The first-order valence-electron chi connectivity index (χ1n) is 8.97. The molecule has 3 rings (SSSR count). The Hall–Kier alpha value is -3.30. The van der Waals surface area contributed by atoms with E-state index in [-0.39, 0.29) is 24.2 Å². The molecule has 164 valence electrons. The second-order valence-electron chi connectivity index (χ2n) is 6.41. The summed E-state index contributed by atoms with van der Waals surface area (Å²) in [4.78, 5) is 14.9. The molecule has 0 radical (unpaired) electrons. The number of carbonyl (C=O) groups is 1. The third kappa shape index (κ3) is 5.07. The highest BCUT2D eigenvalue weighted by Gasteiger charge is 2.37. The van der Waals surface area contributed by atoms with E-state index in [9.17, 15) is 31.1 Å². The number of nitrogens with zero attached hydrogens (tertiary/aromatic N) is 1. The van der Waals surface area contributed by atoms with Crippen molar-refractivity contribution in [2.45, 2.75) is 25.9 Å². The SMILES string of the molecule is CCOC(=O)c1ccc(COc2cc(C(F)(F)F)nc3c(C(F)(F)F)cccc23)cc1. The van der Waals surface area contributed by atoms with Crippen LogP contribution in [0.2, 0.25) is 0 Å². The highest BCUT2D eigenvalue weighted by atomic mass is 19.4. The van der Waals surface area contributed by atoms with Crippen molar-refractivity contribution in [3.8, 4) is 5.75 Å². The molecule has 1 heterocycles. The fourth-order valence-electron chi connectivity index (χ4n) is 2.82. The lowest BCUT2D eigenvalue weighted by atomic mass is 10.1. The fourth-order valence-corrected chi connectivity index (χ4v) is 2.82. The monoisotopic (exact) mass is 443 g/mol. The number of para-hydroxylation sites is 1. The zero-order chi connectivity index (χ0) is 22.8. The summed E-state index contributed by atoms with van der Waals surface area (Å²) >= 11 is 0. The molecule has 4 nitrogen and oxygen atoms in total. The molecule has 0 spiro atoms. The topological polar surface area (TPSA) is 48.4 Å². The van der Waals surface area contributed by atoms with E-state index in [2.05, 4.69) is 4.98 Å². The Labute approximate surface area is 172 Å². The molecular weight excluding hydrogens is 428 g/mol. The lowest BCUT2D eigenvalue weighted by Gasteiger charge is -2.16. The van der Waals surface area contributed by atoms with Gasteiger partial charge in [0.2, 0.25) is 0 Å². The van der Waals surface area contributed by atoms with Crippen molar-refractivity contribution >= 4 is 16.9 Å². The highest BCUT2D eigenvalue weighted by Crippen LogP contribution is 2.40. The number of carbonyl (C=O) groups excluding carboxylic acids is 1. The van der Waals surface area contributed by atoms with Crippen molar-refractivity contribution < 1.29 is 40.6 Å². The molecule has 0 aliphatic rings. The largest absolute Gasteiger partial charge is 0.488 e. The number of alkyl halides is 6. The molecule has 0 fully saturated rings. The summed E-state index contributed by atoms with van der Waals surface area (Å²) in [6.07, 6.45) is -9.86. The molecular formula is C21H15F6NO3. The van der Waals surface area contributed by atoms with Crippen LogP contribution in [0, 0.1) is 0 Å². The van der Waals surface area contributed by atoms with E-state index >= 15 is 0 Å². The standard InChI is InChI=1S/C21H15F6NO3/c1-2-30-19(29)13-8-6-12(7-9-13)11-31-16-10-17(21(25,26)27)28-18-14(16)4-3-5-15(18)20(22,23)24/h3-10H,2,11H2,1H3. The predicted molar refractivity (Wildman–Crippen MR) is 98.5 cm³/mol. The average Bonchev–Trinajstić information content (AvgIpc) is 2.70. The van der Waals surface area contributed by atoms with Gasteiger partial charge in [0.25, 0.3) is 0 Å². The van der Waals surface area contributed by atoms with Gasteiger partial charge >= 0.3 is 18.3 Å². The summed E-state index contributed by atoms with van der Waals surface area (Å²) in [7, 11) is 0. The van der Waals surface area contributed by atoms with Gasteiger partial charge in [0, 0.05) is 11.5 Å². The molecule has 10 heteroatoms. The molecule has 0 unspecified atom stereocenters. The summed E-state index contributed by atoms with van der Waals surface area (Å²) in [6.45, 7) is 1.61. The second-order valence-corrected chi connectivity index (χ2v) is 6.41. The van der Waals surface area contributed by atoms with Crippen LogP contribution in [-0.2, 0) is 23.7 Å². The van der Waals surface area contributed by atoms with Gasteiger partial charge in [-0.25, -0.2) is 9.78 Å². The molecule has 0 bridgehead atoms. The van der Waals surface area contributed by atoms with Crippen LogP contribution in [0.1, 0.15) is 34.1 Å². The summed E-state index contributed by atoms with van der Waals surface area (Å²) < 4.78 is 89.8. The zero-order valence-electron chi connectivity index (χ0n) is 16.0. The molecule has 0 aliphatic heterocycles. The Balaban J connectivity index is 1.97. The van der Waals surface area contributed by atoms with E-state index in [0.29, 0.717) is 17.7 Å². The van der Waals surface area contributed by atoms with E-state index in [1.165, 1.54) is 30.3 Å². The molecule has 3 aromatic rings. The first-order chi connectivity index (χ1) is 14.5. The molecule has 0 amide bonds. The van der Waals surface area contributed by atoms with Crippen LogP contribution >= 0.6 is 0 Å². The maximum Gasteiger partial charge on any atom is 0.433 e. The van der Waals surface area contributed by atoms with E-state index < -0.39 is 40.8 Å². The first kappa shape index (κ1) is 22.4. The summed E-state index contributed by atoms with van der Waals surface area (Å²) in [5.41, 5.74) is -2.88. The maximum absolute atomic E-state index is 13.3. The van der Waals surface area contributed by atoms with Gasteiger partial charge in [0.1, 0.15) is 18.1 Å². The van der Waals surface area contributed by atoms with Gasteiger partial charge in [0.05, 0.1) is 23.3 Å². The number of pyridine rings is 1. The van der Waals surface area contributed by atoms with Crippen molar-refractivity contribution in [1.82, 2.24) is 4.98 Å². The smallest absolute Gasteiger partial charge is 0.433 e. The van der Waals surface area contributed by atoms with Crippen LogP contribution in [-0.4, -0.2) is 17.6 Å².